The molecule has 0 saturated heterocycles. The first-order valence-corrected chi connectivity index (χ1v) is 6.50. The zero-order chi connectivity index (χ0) is 12.2. The van der Waals surface area contributed by atoms with E-state index in [2.05, 4.69) is 25.3 Å². The van der Waals surface area contributed by atoms with Crippen molar-refractivity contribution in [3.05, 3.63) is 5.82 Å². The highest BCUT2D eigenvalue weighted by molar-refractivity contribution is 7.90. The van der Waals surface area contributed by atoms with Crippen molar-refractivity contribution in [2.75, 3.05) is 6.54 Å². The SMILES string of the molecule is CCC(CN)S(=O)(=O)NC(C)c1nn[nH]n1. The van der Waals surface area contributed by atoms with E-state index in [0.717, 1.165) is 0 Å². The number of H-pyrrole nitrogens is 1. The van der Waals surface area contributed by atoms with Crippen molar-refractivity contribution in [3.63, 3.8) is 0 Å². The molecule has 9 heteroatoms. The van der Waals surface area contributed by atoms with Gasteiger partial charge >= 0.3 is 0 Å². The van der Waals surface area contributed by atoms with Crippen LogP contribution in [0.3, 0.4) is 0 Å². The summed E-state index contributed by atoms with van der Waals surface area (Å²) in [5.41, 5.74) is 5.39. The van der Waals surface area contributed by atoms with Crippen molar-refractivity contribution in [2.24, 2.45) is 5.73 Å². The van der Waals surface area contributed by atoms with Gasteiger partial charge in [-0.3, -0.25) is 0 Å². The largest absolute Gasteiger partial charge is 0.329 e. The summed E-state index contributed by atoms with van der Waals surface area (Å²) >= 11 is 0. The minimum absolute atomic E-state index is 0.0881. The van der Waals surface area contributed by atoms with E-state index in [0.29, 0.717) is 12.2 Å². The van der Waals surface area contributed by atoms with Crippen molar-refractivity contribution >= 4 is 10.0 Å². The molecule has 1 heterocycles. The number of sulfonamides is 1. The predicted octanol–water partition coefficient (Wildman–Crippen LogP) is -1.08. The highest BCUT2D eigenvalue weighted by Crippen LogP contribution is 2.10. The van der Waals surface area contributed by atoms with Crippen molar-refractivity contribution < 1.29 is 8.42 Å². The smallest absolute Gasteiger partial charge is 0.216 e. The van der Waals surface area contributed by atoms with Crippen LogP contribution in [0.2, 0.25) is 0 Å². The average molecular weight is 248 g/mol. The van der Waals surface area contributed by atoms with Crippen LogP contribution in [0.1, 0.15) is 32.1 Å². The van der Waals surface area contributed by atoms with Gasteiger partial charge in [0.1, 0.15) is 0 Å². The van der Waals surface area contributed by atoms with Gasteiger partial charge < -0.3 is 5.73 Å². The van der Waals surface area contributed by atoms with Crippen molar-refractivity contribution in [2.45, 2.75) is 31.6 Å². The number of nitrogens with two attached hydrogens (primary N) is 1. The molecule has 0 spiro atoms. The molecule has 0 bridgehead atoms. The maximum atomic E-state index is 11.8. The van der Waals surface area contributed by atoms with E-state index in [1.54, 1.807) is 13.8 Å². The van der Waals surface area contributed by atoms with Crippen LogP contribution in [0.4, 0.5) is 0 Å². The van der Waals surface area contributed by atoms with Crippen LogP contribution >= 0.6 is 0 Å². The van der Waals surface area contributed by atoms with Gasteiger partial charge in [-0.2, -0.15) is 5.21 Å². The first-order chi connectivity index (χ1) is 7.51. The van der Waals surface area contributed by atoms with Crippen LogP contribution in [-0.4, -0.2) is 40.8 Å². The predicted molar refractivity (Wildman–Crippen MR) is 57.8 cm³/mol. The van der Waals surface area contributed by atoms with Crippen LogP contribution in [0.5, 0.6) is 0 Å². The second-order valence-electron chi connectivity index (χ2n) is 3.42. The topological polar surface area (TPSA) is 127 Å². The Balaban J connectivity index is 2.73. The van der Waals surface area contributed by atoms with Crippen LogP contribution in [0, 0.1) is 0 Å². The number of rotatable bonds is 6. The van der Waals surface area contributed by atoms with Gasteiger partial charge in [-0.25, -0.2) is 13.1 Å². The first kappa shape index (κ1) is 13.0. The normalized spacial score (nSPS) is 15.9. The molecule has 0 radical (unpaired) electrons. The lowest BCUT2D eigenvalue weighted by molar-refractivity contribution is 0.541. The van der Waals surface area contributed by atoms with Crippen LogP contribution in [-0.2, 0) is 10.0 Å². The Morgan fingerprint density at radius 2 is 2.25 bits per heavy atom. The molecule has 0 fully saturated rings. The minimum Gasteiger partial charge on any atom is -0.329 e. The Morgan fingerprint density at radius 3 is 2.69 bits per heavy atom. The number of nitrogens with zero attached hydrogens (tertiary/aromatic N) is 3. The van der Waals surface area contributed by atoms with Gasteiger partial charge in [0, 0.05) is 6.54 Å². The van der Waals surface area contributed by atoms with Gasteiger partial charge in [-0.15, -0.1) is 10.2 Å². The molecule has 1 aromatic heterocycles. The molecule has 0 aromatic carbocycles. The number of hydrogen-bond donors (Lipinski definition) is 3. The van der Waals surface area contributed by atoms with E-state index in [1.165, 1.54) is 0 Å². The van der Waals surface area contributed by atoms with Crippen molar-refractivity contribution in [3.8, 4) is 0 Å². The molecule has 1 aromatic rings. The standard InChI is InChI=1S/C7H16N6O2S/c1-3-6(4-8)16(14,15)11-5(2)7-9-12-13-10-7/h5-6,11H,3-4,8H2,1-2H3,(H,9,10,12,13). The number of hydrogen-bond acceptors (Lipinski definition) is 6. The Morgan fingerprint density at radius 1 is 1.56 bits per heavy atom. The number of nitrogens with one attached hydrogen (secondary N) is 2. The zero-order valence-corrected chi connectivity index (χ0v) is 10.0. The summed E-state index contributed by atoms with van der Waals surface area (Å²) in [5.74, 6) is 0.301. The molecular formula is C7H16N6O2S. The Kier molecular flexibility index (Phi) is 4.33. The number of aromatic nitrogens is 4. The minimum atomic E-state index is -3.44. The van der Waals surface area contributed by atoms with Crippen LogP contribution in [0.25, 0.3) is 0 Å². The lowest BCUT2D eigenvalue weighted by Gasteiger charge is -2.17. The fraction of sp³-hybridized carbons (Fsp3) is 0.857. The molecule has 0 aliphatic carbocycles. The molecule has 0 aliphatic heterocycles. The van der Waals surface area contributed by atoms with Gasteiger partial charge in [0.2, 0.25) is 10.0 Å². The fourth-order valence-electron chi connectivity index (χ4n) is 1.26. The summed E-state index contributed by atoms with van der Waals surface area (Å²) in [6, 6.07) is -0.524. The van der Waals surface area contributed by atoms with E-state index >= 15 is 0 Å². The molecule has 0 aliphatic rings. The molecule has 0 saturated carbocycles. The summed E-state index contributed by atoms with van der Waals surface area (Å²) in [7, 11) is -3.44. The Hall–Kier alpha value is -1.06. The number of tetrazole rings is 1. The summed E-state index contributed by atoms with van der Waals surface area (Å²) in [5, 5.41) is 12.4. The summed E-state index contributed by atoms with van der Waals surface area (Å²) in [6.07, 6.45) is 0.463. The van der Waals surface area contributed by atoms with E-state index in [-0.39, 0.29) is 6.54 Å². The molecule has 2 unspecified atom stereocenters. The Bertz CT molecular complexity index is 399. The molecule has 92 valence electrons. The third kappa shape index (κ3) is 2.97. The van der Waals surface area contributed by atoms with Crippen LogP contribution < -0.4 is 10.5 Å². The van der Waals surface area contributed by atoms with Crippen molar-refractivity contribution in [1.29, 1.82) is 0 Å². The van der Waals surface area contributed by atoms with Gasteiger partial charge in [-0.1, -0.05) is 12.1 Å². The highest BCUT2D eigenvalue weighted by Gasteiger charge is 2.25. The molecule has 1 rings (SSSR count). The average Bonchev–Trinajstić information content (AvgIpc) is 2.70. The quantitative estimate of drug-likeness (QED) is 0.587. The van der Waals surface area contributed by atoms with E-state index in [1.807, 2.05) is 0 Å². The maximum absolute atomic E-state index is 11.8. The fourth-order valence-corrected chi connectivity index (χ4v) is 2.74. The lowest BCUT2D eigenvalue weighted by Crippen LogP contribution is -2.40. The molecule has 0 amide bonds. The molecule has 4 N–H and O–H groups in total. The molecule has 2 atom stereocenters. The second-order valence-corrected chi connectivity index (χ2v) is 5.41. The van der Waals surface area contributed by atoms with Gasteiger partial charge in [0.25, 0.3) is 0 Å². The summed E-state index contributed by atoms with van der Waals surface area (Å²) in [4.78, 5) is 0. The first-order valence-electron chi connectivity index (χ1n) is 4.95. The highest BCUT2D eigenvalue weighted by atomic mass is 32.2. The summed E-state index contributed by atoms with van der Waals surface area (Å²) in [6.45, 7) is 3.51. The van der Waals surface area contributed by atoms with Crippen molar-refractivity contribution in [1.82, 2.24) is 25.3 Å². The lowest BCUT2D eigenvalue weighted by atomic mass is 10.3. The third-order valence-corrected chi connectivity index (χ3v) is 4.33. The maximum Gasteiger partial charge on any atom is 0.216 e. The molecule has 16 heavy (non-hydrogen) atoms. The third-order valence-electron chi connectivity index (χ3n) is 2.25. The van der Waals surface area contributed by atoms with Gasteiger partial charge in [-0.05, 0) is 13.3 Å². The van der Waals surface area contributed by atoms with E-state index in [9.17, 15) is 8.42 Å². The number of aromatic amines is 1. The second kappa shape index (κ2) is 5.32. The van der Waals surface area contributed by atoms with Crippen LogP contribution in [0.15, 0.2) is 0 Å². The molecule has 8 nitrogen and oxygen atoms in total. The van der Waals surface area contributed by atoms with E-state index in [4.69, 9.17) is 5.73 Å². The van der Waals surface area contributed by atoms with E-state index < -0.39 is 21.3 Å². The van der Waals surface area contributed by atoms with Gasteiger partial charge in [0.05, 0.1) is 11.3 Å². The zero-order valence-electron chi connectivity index (χ0n) is 9.21. The summed E-state index contributed by atoms with van der Waals surface area (Å²) < 4.78 is 26.1. The molecular weight excluding hydrogens is 232 g/mol. The Labute approximate surface area is 94.0 Å². The van der Waals surface area contributed by atoms with Gasteiger partial charge in [0.15, 0.2) is 5.82 Å². The monoisotopic (exact) mass is 248 g/mol.